The summed E-state index contributed by atoms with van der Waals surface area (Å²) in [5, 5.41) is 16.8. The van der Waals surface area contributed by atoms with Crippen molar-refractivity contribution in [2.75, 3.05) is 5.32 Å². The molecule has 2 heterocycles. The molecule has 1 N–H and O–H groups in total. The van der Waals surface area contributed by atoms with Crippen LogP contribution in [0.1, 0.15) is 11.5 Å². The summed E-state index contributed by atoms with van der Waals surface area (Å²) in [6, 6.07) is 2.08. The van der Waals surface area contributed by atoms with Gasteiger partial charge in [0, 0.05) is 7.05 Å². The van der Waals surface area contributed by atoms with E-state index in [1.165, 1.54) is 12.4 Å². The Bertz CT molecular complexity index is 518. The van der Waals surface area contributed by atoms with Crippen LogP contribution < -0.4 is 5.32 Å². The molecule has 0 bridgehead atoms. The highest BCUT2D eigenvalue weighted by Gasteiger charge is 2.32. The molecule has 0 spiro atoms. The summed E-state index contributed by atoms with van der Waals surface area (Å²) in [7, 11) is 1.76. The quantitative estimate of drug-likeness (QED) is 0.896. The van der Waals surface area contributed by atoms with Crippen LogP contribution in [0.25, 0.3) is 0 Å². The molecule has 0 fully saturated rings. The highest BCUT2D eigenvalue weighted by Crippen LogP contribution is 2.27. The van der Waals surface area contributed by atoms with Crippen molar-refractivity contribution in [3.05, 3.63) is 30.0 Å². The van der Waals surface area contributed by atoms with Crippen molar-refractivity contribution in [3.8, 4) is 0 Å². The molecule has 9 heteroatoms. The first-order valence-corrected chi connectivity index (χ1v) is 4.94. The standard InChI is InChI=1S/C9H9F3N6/c1-18-5-14-17-8(18)4-13-7-3-2-6(15-16-7)9(10,11)12/h2-3,5H,4H2,1H3,(H,13,16). The Morgan fingerprint density at radius 3 is 2.50 bits per heavy atom. The first-order valence-electron chi connectivity index (χ1n) is 4.94. The van der Waals surface area contributed by atoms with E-state index >= 15 is 0 Å². The smallest absolute Gasteiger partial charge is 0.361 e. The van der Waals surface area contributed by atoms with E-state index < -0.39 is 11.9 Å². The minimum absolute atomic E-state index is 0.242. The van der Waals surface area contributed by atoms with Crippen LogP contribution in [-0.4, -0.2) is 25.0 Å². The van der Waals surface area contributed by atoms with Crippen LogP contribution in [0.15, 0.2) is 18.5 Å². The number of hydrogen-bond donors (Lipinski definition) is 1. The van der Waals surface area contributed by atoms with Gasteiger partial charge in [-0.25, -0.2) is 0 Å². The second-order valence-electron chi connectivity index (χ2n) is 3.51. The maximum Gasteiger partial charge on any atom is 0.435 e. The topological polar surface area (TPSA) is 68.5 Å². The molecule has 6 nitrogen and oxygen atoms in total. The molecule has 0 radical (unpaired) electrons. The Kier molecular flexibility index (Phi) is 3.13. The fraction of sp³-hybridized carbons (Fsp3) is 0.333. The lowest BCUT2D eigenvalue weighted by Gasteiger charge is -2.06. The predicted molar refractivity (Wildman–Crippen MR) is 55.4 cm³/mol. The number of aromatic nitrogens is 5. The number of nitrogens with one attached hydrogen (secondary N) is 1. The molecule has 2 rings (SSSR count). The predicted octanol–water partition coefficient (Wildman–Crippen LogP) is 1.24. The first-order chi connectivity index (χ1) is 8.47. The van der Waals surface area contributed by atoms with E-state index in [4.69, 9.17) is 0 Å². The van der Waals surface area contributed by atoms with Gasteiger partial charge in [-0.1, -0.05) is 0 Å². The van der Waals surface area contributed by atoms with Gasteiger partial charge in [0.25, 0.3) is 0 Å². The second kappa shape index (κ2) is 4.59. The van der Waals surface area contributed by atoms with E-state index in [0.29, 0.717) is 12.4 Å². The van der Waals surface area contributed by atoms with E-state index in [1.807, 2.05) is 0 Å². The van der Waals surface area contributed by atoms with Crippen LogP contribution in [0.2, 0.25) is 0 Å². The van der Waals surface area contributed by atoms with Gasteiger partial charge in [0.1, 0.15) is 12.1 Å². The number of anilines is 1. The molecule has 2 aromatic heterocycles. The third-order valence-electron chi connectivity index (χ3n) is 2.19. The molecule has 0 amide bonds. The summed E-state index contributed by atoms with van der Waals surface area (Å²) in [5.74, 6) is 0.877. The van der Waals surface area contributed by atoms with Crippen LogP contribution in [0, 0.1) is 0 Å². The lowest BCUT2D eigenvalue weighted by Crippen LogP contribution is -2.11. The third kappa shape index (κ3) is 2.73. The van der Waals surface area contributed by atoms with Gasteiger partial charge >= 0.3 is 6.18 Å². The minimum atomic E-state index is -4.48. The zero-order chi connectivity index (χ0) is 13.2. The van der Waals surface area contributed by atoms with Crippen molar-refractivity contribution in [2.24, 2.45) is 7.05 Å². The van der Waals surface area contributed by atoms with Gasteiger partial charge in [0.05, 0.1) is 6.54 Å². The van der Waals surface area contributed by atoms with Crippen molar-refractivity contribution < 1.29 is 13.2 Å². The van der Waals surface area contributed by atoms with Gasteiger partial charge in [-0.2, -0.15) is 13.2 Å². The maximum atomic E-state index is 12.2. The van der Waals surface area contributed by atoms with E-state index in [0.717, 1.165) is 6.07 Å². The van der Waals surface area contributed by atoms with E-state index in [9.17, 15) is 13.2 Å². The lowest BCUT2D eigenvalue weighted by molar-refractivity contribution is -0.141. The Morgan fingerprint density at radius 1 is 1.22 bits per heavy atom. The van der Waals surface area contributed by atoms with Crippen LogP contribution in [-0.2, 0) is 19.8 Å². The monoisotopic (exact) mass is 258 g/mol. The van der Waals surface area contributed by atoms with Crippen molar-refractivity contribution >= 4 is 5.82 Å². The Morgan fingerprint density at radius 2 is 2.00 bits per heavy atom. The third-order valence-corrected chi connectivity index (χ3v) is 2.19. The Hall–Kier alpha value is -2.19. The summed E-state index contributed by atoms with van der Waals surface area (Å²) in [5.41, 5.74) is -1.02. The SMILES string of the molecule is Cn1cnnc1CNc1ccc(C(F)(F)F)nn1. The molecule has 0 atom stereocenters. The van der Waals surface area contributed by atoms with E-state index in [-0.39, 0.29) is 5.82 Å². The molecule has 0 saturated carbocycles. The molecule has 0 aliphatic carbocycles. The van der Waals surface area contributed by atoms with Gasteiger partial charge in [0.15, 0.2) is 11.5 Å². The maximum absolute atomic E-state index is 12.2. The highest BCUT2D eigenvalue weighted by molar-refractivity contribution is 5.33. The zero-order valence-electron chi connectivity index (χ0n) is 9.31. The minimum Gasteiger partial charge on any atom is -0.361 e. The summed E-state index contributed by atoms with van der Waals surface area (Å²) >= 11 is 0. The van der Waals surface area contributed by atoms with Crippen molar-refractivity contribution in [3.63, 3.8) is 0 Å². The lowest BCUT2D eigenvalue weighted by atomic mass is 10.4. The molecular weight excluding hydrogens is 249 g/mol. The number of nitrogens with zero attached hydrogens (tertiary/aromatic N) is 5. The van der Waals surface area contributed by atoms with Crippen LogP contribution in [0.3, 0.4) is 0 Å². The molecule has 0 saturated heterocycles. The summed E-state index contributed by atoms with van der Waals surface area (Å²) in [6.45, 7) is 0.302. The number of aryl methyl sites for hydroxylation is 1. The number of halogens is 3. The molecule has 96 valence electrons. The summed E-state index contributed by atoms with van der Waals surface area (Å²) in [4.78, 5) is 0. The molecule has 0 aliphatic heterocycles. The van der Waals surface area contributed by atoms with Gasteiger partial charge in [-0.15, -0.1) is 20.4 Å². The molecule has 0 unspecified atom stereocenters. The number of alkyl halides is 3. The van der Waals surface area contributed by atoms with Crippen LogP contribution in [0.4, 0.5) is 19.0 Å². The van der Waals surface area contributed by atoms with Crippen LogP contribution >= 0.6 is 0 Å². The average Bonchev–Trinajstić information content (AvgIpc) is 2.72. The van der Waals surface area contributed by atoms with E-state index in [1.54, 1.807) is 11.6 Å². The second-order valence-corrected chi connectivity index (χ2v) is 3.51. The number of rotatable bonds is 3. The van der Waals surface area contributed by atoms with Gasteiger partial charge in [-0.05, 0) is 12.1 Å². The zero-order valence-corrected chi connectivity index (χ0v) is 9.31. The largest absolute Gasteiger partial charge is 0.435 e. The van der Waals surface area contributed by atoms with Crippen molar-refractivity contribution in [1.29, 1.82) is 0 Å². The average molecular weight is 258 g/mol. The normalized spacial score (nSPS) is 11.6. The molecule has 2 aromatic rings. The first kappa shape index (κ1) is 12.3. The molecule has 0 aromatic carbocycles. The van der Waals surface area contributed by atoms with E-state index in [2.05, 4.69) is 25.7 Å². The molecular formula is C9H9F3N6. The Labute approximate surface area is 99.9 Å². The van der Waals surface area contributed by atoms with Crippen molar-refractivity contribution in [2.45, 2.75) is 12.7 Å². The Balaban J connectivity index is 2.01. The van der Waals surface area contributed by atoms with Gasteiger partial charge < -0.3 is 9.88 Å². The number of hydrogen-bond acceptors (Lipinski definition) is 5. The molecule has 18 heavy (non-hydrogen) atoms. The summed E-state index contributed by atoms with van der Waals surface area (Å²) in [6.07, 6.45) is -2.95. The van der Waals surface area contributed by atoms with Crippen LogP contribution in [0.5, 0.6) is 0 Å². The molecule has 0 aliphatic rings. The fourth-order valence-electron chi connectivity index (χ4n) is 1.21. The van der Waals surface area contributed by atoms with Gasteiger partial charge in [0.2, 0.25) is 0 Å². The van der Waals surface area contributed by atoms with Crippen molar-refractivity contribution in [1.82, 2.24) is 25.0 Å². The van der Waals surface area contributed by atoms with Gasteiger partial charge in [-0.3, -0.25) is 0 Å². The highest BCUT2D eigenvalue weighted by atomic mass is 19.4. The fourth-order valence-corrected chi connectivity index (χ4v) is 1.21. The summed E-state index contributed by atoms with van der Waals surface area (Å²) < 4.78 is 38.4.